The minimum Gasteiger partial charge on any atom is -0.497 e. The van der Waals surface area contributed by atoms with Gasteiger partial charge in [-0.05, 0) is 60.7 Å². The van der Waals surface area contributed by atoms with Crippen molar-refractivity contribution in [3.63, 3.8) is 0 Å². The molecule has 38 heavy (non-hydrogen) atoms. The van der Waals surface area contributed by atoms with Gasteiger partial charge in [-0.3, -0.25) is 13.9 Å². The van der Waals surface area contributed by atoms with Crippen LogP contribution in [0, 0.1) is 0 Å². The molecular weight excluding hydrogens is 542 g/mol. The lowest BCUT2D eigenvalue weighted by atomic mass is 10.3. The highest BCUT2D eigenvalue weighted by Crippen LogP contribution is 2.28. The maximum Gasteiger partial charge on any atom is 0.324 e. The Morgan fingerprint density at radius 3 is 1.50 bits per heavy atom. The molecular formula is C23H23N3O10S2. The fraction of sp³-hybridized carbons (Fsp3) is 0.174. The molecule has 0 amide bonds. The molecule has 2 aromatic carbocycles. The van der Waals surface area contributed by atoms with Crippen molar-refractivity contribution in [2.75, 3.05) is 35.9 Å². The number of benzene rings is 2. The molecule has 202 valence electrons. The predicted octanol–water partition coefficient (Wildman–Crippen LogP) is 1.66. The smallest absolute Gasteiger partial charge is 0.324 e. The van der Waals surface area contributed by atoms with Crippen molar-refractivity contribution < 1.29 is 46.1 Å². The number of carboxylic acids is 2. The molecule has 0 saturated carbocycles. The lowest BCUT2D eigenvalue weighted by molar-refractivity contribution is -0.136. The van der Waals surface area contributed by atoms with Crippen LogP contribution < -0.4 is 18.1 Å². The fourth-order valence-electron chi connectivity index (χ4n) is 3.27. The van der Waals surface area contributed by atoms with E-state index in [-0.39, 0.29) is 21.3 Å². The number of nitrogens with zero attached hydrogens (tertiary/aromatic N) is 3. The van der Waals surface area contributed by atoms with E-state index in [2.05, 4.69) is 4.98 Å². The number of carbonyl (C=O) groups is 2. The molecule has 1 aromatic heterocycles. The Morgan fingerprint density at radius 1 is 0.711 bits per heavy atom. The fourth-order valence-corrected chi connectivity index (χ4v) is 6.04. The Morgan fingerprint density at radius 2 is 1.13 bits per heavy atom. The van der Waals surface area contributed by atoms with Gasteiger partial charge in [-0.15, -0.1) is 0 Å². The molecule has 15 heteroatoms. The maximum atomic E-state index is 13.2. The number of anilines is 2. The number of methoxy groups -OCH3 is 2. The van der Waals surface area contributed by atoms with Crippen molar-refractivity contribution in [1.29, 1.82) is 0 Å². The van der Waals surface area contributed by atoms with Crippen molar-refractivity contribution in [3.8, 4) is 11.5 Å². The minimum absolute atomic E-state index is 0.191. The van der Waals surface area contributed by atoms with Crippen LogP contribution in [0.3, 0.4) is 0 Å². The molecule has 0 aliphatic rings. The molecule has 0 atom stereocenters. The highest BCUT2D eigenvalue weighted by molar-refractivity contribution is 7.93. The van der Waals surface area contributed by atoms with Gasteiger partial charge in [0.1, 0.15) is 30.4 Å². The largest absolute Gasteiger partial charge is 0.497 e. The molecule has 0 radical (unpaired) electrons. The first-order chi connectivity index (χ1) is 17.9. The highest BCUT2D eigenvalue weighted by Gasteiger charge is 2.30. The van der Waals surface area contributed by atoms with E-state index in [0.717, 1.165) is 18.3 Å². The van der Waals surface area contributed by atoms with Gasteiger partial charge < -0.3 is 19.7 Å². The van der Waals surface area contributed by atoms with E-state index in [9.17, 15) is 36.6 Å². The van der Waals surface area contributed by atoms with E-state index in [1.807, 2.05) is 0 Å². The molecule has 3 rings (SSSR count). The number of carboxylic acid groups (broad SMARTS) is 2. The maximum absolute atomic E-state index is 13.2. The van der Waals surface area contributed by atoms with Crippen molar-refractivity contribution >= 4 is 43.5 Å². The zero-order valence-electron chi connectivity index (χ0n) is 20.1. The summed E-state index contributed by atoms with van der Waals surface area (Å²) in [5, 5.41) is 18.7. The molecule has 0 bridgehead atoms. The Hall–Kier alpha value is -4.37. The van der Waals surface area contributed by atoms with Gasteiger partial charge in [0.05, 0.1) is 35.9 Å². The van der Waals surface area contributed by atoms with Crippen LogP contribution in [-0.2, 0) is 29.6 Å². The number of ether oxygens (including phenoxy) is 2. The second-order valence-corrected chi connectivity index (χ2v) is 11.3. The number of rotatable bonds is 12. The lowest BCUT2D eigenvalue weighted by Gasteiger charge is -2.25. The van der Waals surface area contributed by atoms with Crippen molar-refractivity contribution in [3.05, 3.63) is 66.9 Å². The van der Waals surface area contributed by atoms with E-state index in [1.54, 1.807) is 0 Å². The monoisotopic (exact) mass is 565 g/mol. The lowest BCUT2D eigenvalue weighted by Crippen LogP contribution is -2.37. The molecule has 0 unspecified atom stereocenters. The van der Waals surface area contributed by atoms with Crippen LogP contribution in [0.25, 0.3) is 0 Å². The summed E-state index contributed by atoms with van der Waals surface area (Å²) >= 11 is 0. The van der Waals surface area contributed by atoms with Crippen LogP contribution in [0.1, 0.15) is 0 Å². The van der Waals surface area contributed by atoms with Crippen molar-refractivity contribution in [2.45, 2.75) is 9.79 Å². The summed E-state index contributed by atoms with van der Waals surface area (Å²) in [6.07, 6.45) is 0.942. The average Bonchev–Trinajstić information content (AvgIpc) is 2.90. The van der Waals surface area contributed by atoms with E-state index < -0.39 is 45.1 Å². The SMILES string of the molecule is COc1ccc(S(=O)(=O)N(CC(=O)O)c2ccc(N(CC(=O)O)S(=O)(=O)c3ccc(OC)cc3)nc2)cc1. The van der Waals surface area contributed by atoms with Gasteiger partial charge >= 0.3 is 11.9 Å². The van der Waals surface area contributed by atoms with Gasteiger partial charge in [-0.2, -0.15) is 0 Å². The number of sulfonamides is 2. The van der Waals surface area contributed by atoms with Crippen LogP contribution in [0.15, 0.2) is 76.7 Å². The predicted molar refractivity (Wildman–Crippen MR) is 135 cm³/mol. The minimum atomic E-state index is -4.41. The molecule has 0 aliphatic heterocycles. The summed E-state index contributed by atoms with van der Waals surface area (Å²) in [6, 6.07) is 12.7. The Balaban J connectivity index is 2.03. The molecule has 2 N–H and O–H groups in total. The first-order valence-corrected chi connectivity index (χ1v) is 13.5. The highest BCUT2D eigenvalue weighted by atomic mass is 32.2. The first kappa shape index (κ1) is 28.2. The topological polar surface area (TPSA) is 181 Å². The van der Waals surface area contributed by atoms with Gasteiger partial charge in [0, 0.05) is 0 Å². The standard InChI is InChI=1S/C23H23N3O10S2/c1-35-17-4-8-19(9-5-17)37(31,32)25(14-22(27)28)16-3-12-21(24-13-16)26(15-23(29)30)38(33,34)20-10-6-18(36-2)7-11-20/h3-13H,14-15H2,1-2H3,(H,27,28)(H,29,30). The summed E-state index contributed by atoms with van der Waals surface area (Å²) in [7, 11) is -6.00. The number of aliphatic carboxylic acids is 2. The molecule has 3 aromatic rings. The van der Waals surface area contributed by atoms with Crippen LogP contribution >= 0.6 is 0 Å². The van der Waals surface area contributed by atoms with Gasteiger partial charge in [-0.25, -0.2) is 26.1 Å². The summed E-state index contributed by atoms with van der Waals surface area (Å²) < 4.78 is 64.0. The summed E-state index contributed by atoms with van der Waals surface area (Å²) in [5.74, 6) is -2.49. The summed E-state index contributed by atoms with van der Waals surface area (Å²) in [6.45, 7) is -1.94. The second-order valence-electron chi connectivity index (χ2n) is 7.54. The molecule has 13 nitrogen and oxygen atoms in total. The van der Waals surface area contributed by atoms with Crippen molar-refractivity contribution in [2.24, 2.45) is 0 Å². The number of pyridine rings is 1. The molecule has 0 aliphatic carbocycles. The van der Waals surface area contributed by atoms with Gasteiger partial charge in [0.2, 0.25) is 0 Å². The van der Waals surface area contributed by atoms with Crippen LogP contribution in [-0.4, -0.2) is 71.3 Å². The van der Waals surface area contributed by atoms with Crippen LogP contribution in [0.5, 0.6) is 11.5 Å². The average molecular weight is 566 g/mol. The Kier molecular flexibility index (Phi) is 8.42. The molecule has 1 heterocycles. The number of hydrogen-bond donors (Lipinski definition) is 2. The third-order valence-corrected chi connectivity index (χ3v) is 8.68. The Bertz CT molecular complexity index is 1390. The third-order valence-electron chi connectivity index (χ3n) is 5.13. The summed E-state index contributed by atoms with van der Waals surface area (Å²) in [4.78, 5) is 26.5. The van der Waals surface area contributed by atoms with Gasteiger partial charge in [0.15, 0.2) is 0 Å². The zero-order valence-corrected chi connectivity index (χ0v) is 21.7. The third kappa shape index (κ3) is 6.12. The molecule has 0 saturated heterocycles. The van der Waals surface area contributed by atoms with Crippen molar-refractivity contribution in [1.82, 2.24) is 4.98 Å². The quantitative estimate of drug-likeness (QED) is 0.326. The van der Waals surface area contributed by atoms with Crippen LogP contribution in [0.2, 0.25) is 0 Å². The second kappa shape index (κ2) is 11.4. The zero-order chi connectivity index (χ0) is 28.1. The van der Waals surface area contributed by atoms with E-state index in [0.29, 0.717) is 20.1 Å². The van der Waals surface area contributed by atoms with Gasteiger partial charge in [-0.1, -0.05) is 0 Å². The van der Waals surface area contributed by atoms with E-state index in [1.165, 1.54) is 62.8 Å². The van der Waals surface area contributed by atoms with Crippen LogP contribution in [0.4, 0.5) is 11.5 Å². The number of aromatic nitrogens is 1. The molecule has 0 spiro atoms. The number of hydrogen-bond acceptors (Lipinski definition) is 9. The van der Waals surface area contributed by atoms with E-state index in [4.69, 9.17) is 9.47 Å². The summed E-state index contributed by atoms with van der Waals surface area (Å²) in [5.41, 5.74) is -0.191. The van der Waals surface area contributed by atoms with E-state index >= 15 is 0 Å². The molecule has 0 fully saturated rings. The first-order valence-electron chi connectivity index (χ1n) is 10.6. The normalized spacial score (nSPS) is 11.4. The Labute approximate surface area is 218 Å². The van der Waals surface area contributed by atoms with Gasteiger partial charge in [0.25, 0.3) is 20.0 Å².